The van der Waals surface area contributed by atoms with Gasteiger partial charge in [0.25, 0.3) is 0 Å². The molecule has 1 aliphatic rings. The molecular weight excluding hydrogens is 240 g/mol. The van der Waals surface area contributed by atoms with Crippen LogP contribution in [0, 0.1) is 5.41 Å². The van der Waals surface area contributed by atoms with Crippen LogP contribution >= 0.6 is 12.6 Å². The van der Waals surface area contributed by atoms with E-state index in [4.69, 9.17) is 0 Å². The smallest absolute Gasteiger partial charge is 0.00457 e. The largest absolute Gasteiger partial charge is 0.309 e. The maximum absolute atomic E-state index is 4.65. The predicted octanol–water partition coefficient (Wildman–Crippen LogP) is 3.14. The summed E-state index contributed by atoms with van der Waals surface area (Å²) in [5.74, 6) is 1.07. The molecule has 1 rings (SSSR count). The van der Waals surface area contributed by atoms with Gasteiger partial charge in [-0.05, 0) is 64.2 Å². The highest BCUT2D eigenvalue weighted by Gasteiger charge is 2.32. The molecule has 1 saturated carbocycles. The Morgan fingerprint density at radius 3 is 2.22 bits per heavy atom. The van der Waals surface area contributed by atoms with Gasteiger partial charge in [-0.1, -0.05) is 26.2 Å². The normalized spacial score (nSPS) is 19.7. The zero-order valence-corrected chi connectivity index (χ0v) is 13.5. The SMILES string of the molecule is CCN(CCCN(C)C)CC1(CS)CCCCC1. The van der Waals surface area contributed by atoms with Gasteiger partial charge in [0.1, 0.15) is 0 Å². The molecule has 0 saturated heterocycles. The van der Waals surface area contributed by atoms with E-state index < -0.39 is 0 Å². The van der Waals surface area contributed by atoms with Crippen molar-refractivity contribution in [3.05, 3.63) is 0 Å². The minimum Gasteiger partial charge on any atom is -0.309 e. The standard InChI is InChI=1S/C15H32N2S/c1-4-17(12-8-11-16(2)3)13-15(14-18)9-6-5-7-10-15/h18H,4-14H2,1-3H3. The molecule has 0 N–H and O–H groups in total. The molecule has 3 heteroatoms. The Labute approximate surface area is 120 Å². The number of hydrogen-bond donors (Lipinski definition) is 1. The van der Waals surface area contributed by atoms with Crippen LogP contribution in [0.4, 0.5) is 0 Å². The van der Waals surface area contributed by atoms with Gasteiger partial charge in [-0.3, -0.25) is 0 Å². The summed E-state index contributed by atoms with van der Waals surface area (Å²) in [6.45, 7) is 7.18. The molecule has 0 heterocycles. The lowest BCUT2D eigenvalue weighted by Crippen LogP contribution is -2.41. The number of nitrogens with zero attached hydrogens (tertiary/aromatic N) is 2. The summed E-state index contributed by atoms with van der Waals surface area (Å²) in [6, 6.07) is 0. The van der Waals surface area contributed by atoms with Crippen LogP contribution in [0.1, 0.15) is 45.4 Å². The van der Waals surface area contributed by atoms with Gasteiger partial charge in [0.05, 0.1) is 0 Å². The maximum atomic E-state index is 4.65. The summed E-state index contributed by atoms with van der Waals surface area (Å²) < 4.78 is 0. The molecule has 1 aliphatic carbocycles. The van der Waals surface area contributed by atoms with E-state index in [9.17, 15) is 0 Å². The molecule has 0 aromatic rings. The fourth-order valence-electron chi connectivity index (χ4n) is 3.10. The fourth-order valence-corrected chi connectivity index (χ4v) is 3.52. The highest BCUT2D eigenvalue weighted by molar-refractivity contribution is 7.80. The molecule has 0 atom stereocenters. The second-order valence-corrected chi connectivity index (χ2v) is 6.56. The Bertz CT molecular complexity index is 213. The first-order valence-electron chi connectivity index (χ1n) is 7.60. The minimum atomic E-state index is 0.509. The average Bonchev–Trinajstić information content (AvgIpc) is 2.38. The van der Waals surface area contributed by atoms with Crippen molar-refractivity contribution in [1.82, 2.24) is 9.80 Å². The van der Waals surface area contributed by atoms with Crippen molar-refractivity contribution in [1.29, 1.82) is 0 Å². The molecule has 1 fully saturated rings. The van der Waals surface area contributed by atoms with Crippen molar-refractivity contribution < 1.29 is 0 Å². The molecule has 0 aromatic carbocycles. The zero-order chi connectivity index (χ0) is 13.4. The van der Waals surface area contributed by atoms with Gasteiger partial charge in [-0.2, -0.15) is 12.6 Å². The van der Waals surface area contributed by atoms with Crippen molar-refractivity contribution in [2.75, 3.05) is 46.0 Å². The summed E-state index contributed by atoms with van der Waals surface area (Å²) in [7, 11) is 4.32. The van der Waals surface area contributed by atoms with Crippen LogP contribution in [0.25, 0.3) is 0 Å². The van der Waals surface area contributed by atoms with E-state index in [1.807, 2.05) is 0 Å². The van der Waals surface area contributed by atoms with E-state index in [0.29, 0.717) is 5.41 Å². The van der Waals surface area contributed by atoms with Gasteiger partial charge in [-0.15, -0.1) is 0 Å². The first-order chi connectivity index (χ1) is 8.62. The molecule has 2 nitrogen and oxygen atoms in total. The van der Waals surface area contributed by atoms with Crippen molar-refractivity contribution >= 4 is 12.6 Å². The molecule has 108 valence electrons. The van der Waals surface area contributed by atoms with Gasteiger partial charge < -0.3 is 9.80 Å². The number of hydrogen-bond acceptors (Lipinski definition) is 3. The Balaban J connectivity index is 2.39. The molecule has 0 radical (unpaired) electrons. The van der Waals surface area contributed by atoms with Crippen molar-refractivity contribution in [2.45, 2.75) is 45.4 Å². The third-order valence-corrected chi connectivity index (χ3v) is 5.01. The topological polar surface area (TPSA) is 6.48 Å². The van der Waals surface area contributed by atoms with Gasteiger partial charge >= 0.3 is 0 Å². The molecular formula is C15H32N2S. The van der Waals surface area contributed by atoms with E-state index in [2.05, 4.69) is 43.4 Å². The summed E-state index contributed by atoms with van der Waals surface area (Å²) in [5, 5.41) is 0. The monoisotopic (exact) mass is 272 g/mol. The average molecular weight is 273 g/mol. The highest BCUT2D eigenvalue weighted by Crippen LogP contribution is 2.37. The van der Waals surface area contributed by atoms with E-state index in [0.717, 1.165) is 5.75 Å². The predicted molar refractivity (Wildman–Crippen MR) is 84.7 cm³/mol. The van der Waals surface area contributed by atoms with Crippen LogP contribution in [-0.2, 0) is 0 Å². The molecule has 0 bridgehead atoms. The van der Waals surface area contributed by atoms with Gasteiger partial charge in [0, 0.05) is 6.54 Å². The molecule has 0 aliphatic heterocycles. The molecule has 0 spiro atoms. The van der Waals surface area contributed by atoms with Crippen LogP contribution < -0.4 is 0 Å². The van der Waals surface area contributed by atoms with Crippen LogP contribution in [0.3, 0.4) is 0 Å². The quantitative estimate of drug-likeness (QED) is 0.678. The van der Waals surface area contributed by atoms with E-state index in [1.165, 1.54) is 64.7 Å². The summed E-state index contributed by atoms with van der Waals surface area (Å²) in [5.41, 5.74) is 0.509. The molecule has 0 aromatic heterocycles. The number of rotatable bonds is 8. The Kier molecular flexibility index (Phi) is 7.66. The fraction of sp³-hybridized carbons (Fsp3) is 1.00. The van der Waals surface area contributed by atoms with Gasteiger partial charge in [0.15, 0.2) is 0 Å². The Morgan fingerprint density at radius 1 is 1.06 bits per heavy atom. The summed E-state index contributed by atoms with van der Waals surface area (Å²) in [4.78, 5) is 4.92. The van der Waals surface area contributed by atoms with Gasteiger partial charge in [0.2, 0.25) is 0 Å². The van der Waals surface area contributed by atoms with Crippen molar-refractivity contribution in [2.24, 2.45) is 5.41 Å². The van der Waals surface area contributed by atoms with E-state index in [-0.39, 0.29) is 0 Å². The zero-order valence-electron chi connectivity index (χ0n) is 12.6. The first-order valence-corrected chi connectivity index (χ1v) is 8.23. The van der Waals surface area contributed by atoms with Gasteiger partial charge in [-0.25, -0.2) is 0 Å². The Morgan fingerprint density at radius 2 is 1.72 bits per heavy atom. The lowest BCUT2D eigenvalue weighted by atomic mass is 9.75. The molecule has 0 unspecified atom stereocenters. The molecule has 18 heavy (non-hydrogen) atoms. The van der Waals surface area contributed by atoms with Crippen molar-refractivity contribution in [3.63, 3.8) is 0 Å². The van der Waals surface area contributed by atoms with E-state index in [1.54, 1.807) is 0 Å². The second-order valence-electron chi connectivity index (χ2n) is 6.24. The maximum Gasteiger partial charge on any atom is 0.00457 e. The first kappa shape index (κ1) is 16.3. The third kappa shape index (κ3) is 5.50. The van der Waals surface area contributed by atoms with Crippen LogP contribution in [0.5, 0.6) is 0 Å². The van der Waals surface area contributed by atoms with Crippen LogP contribution in [0.15, 0.2) is 0 Å². The summed E-state index contributed by atoms with van der Waals surface area (Å²) in [6.07, 6.45) is 8.32. The van der Waals surface area contributed by atoms with E-state index >= 15 is 0 Å². The minimum absolute atomic E-state index is 0.509. The highest BCUT2D eigenvalue weighted by atomic mass is 32.1. The number of thiol groups is 1. The lowest BCUT2D eigenvalue weighted by Gasteiger charge is -2.40. The summed E-state index contributed by atoms with van der Waals surface area (Å²) >= 11 is 4.65. The Hall–Kier alpha value is 0.270. The second kappa shape index (κ2) is 8.44. The van der Waals surface area contributed by atoms with Crippen molar-refractivity contribution in [3.8, 4) is 0 Å². The molecule has 0 amide bonds. The van der Waals surface area contributed by atoms with Crippen LogP contribution in [0.2, 0.25) is 0 Å². The van der Waals surface area contributed by atoms with Crippen LogP contribution in [-0.4, -0.2) is 55.8 Å². The lowest BCUT2D eigenvalue weighted by molar-refractivity contribution is 0.127. The third-order valence-electron chi connectivity index (χ3n) is 4.34.